The topological polar surface area (TPSA) is 136 Å². The van der Waals surface area contributed by atoms with E-state index in [9.17, 15) is 23.1 Å². The van der Waals surface area contributed by atoms with Crippen LogP contribution >= 0.6 is 0 Å². The molecule has 4 rings (SSSR count). The lowest BCUT2D eigenvalue weighted by Crippen LogP contribution is -2.43. The minimum Gasteiger partial charge on any atom is -0.506 e. The van der Waals surface area contributed by atoms with Gasteiger partial charge >= 0.3 is 0 Å². The summed E-state index contributed by atoms with van der Waals surface area (Å²) in [4.78, 5) is 27.1. The highest BCUT2D eigenvalue weighted by atomic mass is 32.2. The van der Waals surface area contributed by atoms with Crippen LogP contribution in [0.4, 0.5) is 5.69 Å². The van der Waals surface area contributed by atoms with Crippen molar-refractivity contribution in [3.8, 4) is 5.75 Å². The SMILES string of the molecule is CCCC1(CCC)C(=O)C(C(=O)Nc2ccc(OCc3ccccc3)cc2S(N)(=O)=O)=C(O)c2ccccc21. The molecule has 0 heterocycles. The summed E-state index contributed by atoms with van der Waals surface area (Å²) in [6.07, 6.45) is 2.37. The predicted octanol–water partition coefficient (Wildman–Crippen LogP) is 5.24. The minimum absolute atomic E-state index is 0.127. The molecule has 1 amide bonds. The molecule has 8 nitrogen and oxygen atoms in total. The number of aliphatic hydroxyl groups is 1. The van der Waals surface area contributed by atoms with Crippen LogP contribution in [0.5, 0.6) is 5.75 Å². The van der Waals surface area contributed by atoms with Crippen LogP contribution in [0.25, 0.3) is 5.76 Å². The first-order valence-corrected chi connectivity index (χ1v) is 14.4. The molecule has 0 spiro atoms. The Bertz CT molecular complexity index is 1520. The molecule has 3 aromatic rings. The maximum Gasteiger partial charge on any atom is 0.263 e. The van der Waals surface area contributed by atoms with Crippen LogP contribution in [0.1, 0.15) is 56.2 Å². The van der Waals surface area contributed by atoms with E-state index in [1.807, 2.05) is 56.3 Å². The molecule has 0 fully saturated rings. The van der Waals surface area contributed by atoms with Crippen molar-refractivity contribution >= 4 is 33.2 Å². The summed E-state index contributed by atoms with van der Waals surface area (Å²) in [7, 11) is -4.29. The third-order valence-corrected chi connectivity index (χ3v) is 7.88. The Morgan fingerprint density at radius 2 is 1.62 bits per heavy atom. The van der Waals surface area contributed by atoms with E-state index in [-0.39, 0.29) is 22.9 Å². The summed E-state index contributed by atoms with van der Waals surface area (Å²) in [6.45, 7) is 4.12. The normalized spacial score (nSPS) is 14.6. The number of nitrogens with two attached hydrogens (primary N) is 1. The van der Waals surface area contributed by atoms with Gasteiger partial charge in [0, 0.05) is 11.6 Å². The van der Waals surface area contributed by atoms with Gasteiger partial charge in [-0.15, -0.1) is 0 Å². The number of hydrogen-bond donors (Lipinski definition) is 3. The number of hydrogen-bond acceptors (Lipinski definition) is 6. The molecule has 4 N–H and O–H groups in total. The van der Waals surface area contributed by atoms with Crippen LogP contribution in [-0.4, -0.2) is 25.2 Å². The molecule has 0 unspecified atom stereocenters. The van der Waals surface area contributed by atoms with Crippen molar-refractivity contribution in [1.82, 2.24) is 0 Å². The molecular weight excluding hydrogens is 516 g/mol. The number of ketones is 1. The lowest BCUT2D eigenvalue weighted by atomic mass is 9.64. The van der Waals surface area contributed by atoms with Crippen molar-refractivity contribution in [2.75, 3.05) is 5.32 Å². The highest BCUT2D eigenvalue weighted by Gasteiger charge is 2.48. The number of ether oxygens (including phenoxy) is 1. The first kappa shape index (κ1) is 28.1. The zero-order chi connectivity index (χ0) is 28.2. The van der Waals surface area contributed by atoms with Gasteiger partial charge in [-0.1, -0.05) is 81.3 Å². The molecule has 3 aromatic carbocycles. The number of aliphatic hydroxyl groups excluding tert-OH is 1. The summed E-state index contributed by atoms with van der Waals surface area (Å²) < 4.78 is 30.6. The Kier molecular flexibility index (Phi) is 8.22. The van der Waals surface area contributed by atoms with E-state index in [4.69, 9.17) is 9.88 Å². The number of fused-ring (bicyclic) bond motifs is 1. The van der Waals surface area contributed by atoms with Crippen molar-refractivity contribution in [1.29, 1.82) is 0 Å². The third kappa shape index (κ3) is 5.60. The zero-order valence-electron chi connectivity index (χ0n) is 21.9. The van der Waals surface area contributed by atoms with Gasteiger partial charge < -0.3 is 15.2 Å². The van der Waals surface area contributed by atoms with Crippen molar-refractivity contribution in [3.63, 3.8) is 0 Å². The highest BCUT2D eigenvalue weighted by molar-refractivity contribution is 7.89. The second-order valence-corrected chi connectivity index (χ2v) is 11.1. The fourth-order valence-electron chi connectivity index (χ4n) is 5.25. The van der Waals surface area contributed by atoms with Gasteiger partial charge in [0.25, 0.3) is 5.91 Å². The third-order valence-electron chi connectivity index (χ3n) is 6.93. The van der Waals surface area contributed by atoms with Gasteiger partial charge in [-0.25, -0.2) is 13.6 Å². The molecule has 1 aliphatic carbocycles. The number of Topliss-reactive ketones (excluding diaryl/α,β-unsaturated/α-hetero) is 1. The van der Waals surface area contributed by atoms with Crippen molar-refractivity contribution in [2.24, 2.45) is 5.14 Å². The fraction of sp³-hybridized carbons (Fsp3) is 0.267. The largest absolute Gasteiger partial charge is 0.506 e. The maximum atomic E-state index is 13.9. The van der Waals surface area contributed by atoms with Gasteiger partial charge in [0.2, 0.25) is 10.0 Å². The van der Waals surface area contributed by atoms with Gasteiger partial charge in [-0.3, -0.25) is 9.59 Å². The summed E-state index contributed by atoms with van der Waals surface area (Å²) in [6, 6.07) is 20.4. The van der Waals surface area contributed by atoms with E-state index in [2.05, 4.69) is 5.32 Å². The molecule has 0 saturated heterocycles. The van der Waals surface area contributed by atoms with Crippen LogP contribution < -0.4 is 15.2 Å². The highest BCUT2D eigenvalue weighted by Crippen LogP contribution is 2.45. The molecule has 0 bridgehead atoms. The minimum atomic E-state index is -4.29. The Labute approximate surface area is 228 Å². The fourth-order valence-corrected chi connectivity index (χ4v) is 5.96. The Balaban J connectivity index is 1.71. The molecule has 0 radical (unpaired) electrons. The van der Waals surface area contributed by atoms with E-state index in [0.717, 1.165) is 5.56 Å². The maximum absolute atomic E-state index is 13.9. The second kappa shape index (κ2) is 11.4. The van der Waals surface area contributed by atoms with E-state index in [1.165, 1.54) is 18.2 Å². The molecule has 0 atom stereocenters. The standard InChI is InChI=1S/C30H32N2O6S/c1-3-16-30(17-4-2)23-13-9-8-12-22(23)27(33)26(28(30)34)29(35)32-24-15-14-21(18-25(24)39(31,36)37)38-19-20-10-6-5-7-11-20/h5-15,18,33H,3-4,16-17,19H2,1-2H3,(H,32,35)(H2,31,36,37). The average Bonchev–Trinajstić information content (AvgIpc) is 2.91. The van der Waals surface area contributed by atoms with E-state index in [1.54, 1.807) is 12.1 Å². The van der Waals surface area contributed by atoms with E-state index in [0.29, 0.717) is 36.8 Å². The van der Waals surface area contributed by atoms with E-state index >= 15 is 0 Å². The number of anilines is 1. The van der Waals surface area contributed by atoms with Crippen LogP contribution in [0.15, 0.2) is 83.3 Å². The number of carbonyl (C=O) groups is 2. The first-order chi connectivity index (χ1) is 18.6. The van der Waals surface area contributed by atoms with Crippen molar-refractivity contribution in [2.45, 2.75) is 56.4 Å². The number of primary sulfonamides is 1. The zero-order valence-corrected chi connectivity index (χ0v) is 22.8. The van der Waals surface area contributed by atoms with Gasteiger partial charge in [-0.2, -0.15) is 0 Å². The number of carbonyl (C=O) groups excluding carboxylic acids is 2. The molecular formula is C30H32N2O6S. The monoisotopic (exact) mass is 548 g/mol. The summed E-state index contributed by atoms with van der Waals surface area (Å²) >= 11 is 0. The molecule has 9 heteroatoms. The Morgan fingerprint density at radius 3 is 2.26 bits per heavy atom. The quantitative estimate of drug-likeness (QED) is 0.297. The number of benzene rings is 3. The van der Waals surface area contributed by atoms with Crippen LogP contribution in [0.3, 0.4) is 0 Å². The Hall–Kier alpha value is -3.95. The molecule has 0 saturated carbocycles. The van der Waals surface area contributed by atoms with Crippen molar-refractivity contribution in [3.05, 3.63) is 95.1 Å². The molecule has 0 aliphatic heterocycles. The van der Waals surface area contributed by atoms with Gasteiger partial charge in [0.15, 0.2) is 5.78 Å². The summed E-state index contributed by atoms with van der Waals surface area (Å²) in [5.41, 5.74) is 0.488. The van der Waals surface area contributed by atoms with Gasteiger partial charge in [-0.05, 0) is 36.1 Å². The lowest BCUT2D eigenvalue weighted by molar-refractivity contribution is -0.124. The number of amides is 1. The van der Waals surface area contributed by atoms with Crippen molar-refractivity contribution < 1.29 is 27.9 Å². The summed E-state index contributed by atoms with van der Waals surface area (Å²) in [5.74, 6) is -1.60. The van der Waals surface area contributed by atoms with Gasteiger partial charge in [0.1, 0.15) is 28.6 Å². The van der Waals surface area contributed by atoms with E-state index < -0.39 is 38.5 Å². The number of nitrogens with one attached hydrogen (secondary N) is 1. The smallest absolute Gasteiger partial charge is 0.263 e. The van der Waals surface area contributed by atoms with Gasteiger partial charge in [0.05, 0.1) is 11.1 Å². The predicted molar refractivity (Wildman–Crippen MR) is 150 cm³/mol. The second-order valence-electron chi connectivity index (χ2n) is 9.61. The average molecular weight is 549 g/mol. The molecule has 0 aromatic heterocycles. The Morgan fingerprint density at radius 1 is 0.974 bits per heavy atom. The molecule has 1 aliphatic rings. The number of sulfonamides is 1. The molecule has 204 valence electrons. The summed E-state index contributed by atoms with van der Waals surface area (Å²) in [5, 5.41) is 19.1. The lowest BCUT2D eigenvalue weighted by Gasteiger charge is -2.38. The first-order valence-electron chi connectivity index (χ1n) is 12.8. The van der Waals surface area contributed by atoms with Crippen LogP contribution in [-0.2, 0) is 31.6 Å². The van der Waals surface area contributed by atoms with Crippen LogP contribution in [0.2, 0.25) is 0 Å². The van der Waals surface area contributed by atoms with Crippen LogP contribution in [0, 0.1) is 0 Å². The molecule has 39 heavy (non-hydrogen) atoms. The number of rotatable bonds is 10.